The van der Waals surface area contributed by atoms with E-state index in [0.717, 1.165) is 56.6 Å². The number of aromatic nitrogens is 3. The molecule has 2 aromatic carbocycles. The van der Waals surface area contributed by atoms with Gasteiger partial charge < -0.3 is 39.9 Å². The first-order chi connectivity index (χ1) is 29.8. The Hall–Kier alpha value is -5.71. The maximum Gasteiger partial charge on any atom is 0.407 e. The van der Waals surface area contributed by atoms with Crippen LogP contribution in [0.1, 0.15) is 90.9 Å². The second-order valence-electron chi connectivity index (χ2n) is 18.2. The molecule has 1 aliphatic carbocycles. The molecule has 13 nitrogen and oxygen atoms in total. The highest BCUT2D eigenvalue weighted by Gasteiger charge is 2.51. The smallest absolute Gasteiger partial charge is 0.407 e. The van der Waals surface area contributed by atoms with Gasteiger partial charge in [-0.15, -0.1) is 0 Å². The van der Waals surface area contributed by atoms with Crippen LogP contribution in [0.15, 0.2) is 59.9 Å². The van der Waals surface area contributed by atoms with E-state index in [1.54, 1.807) is 47.0 Å². The van der Waals surface area contributed by atoms with Gasteiger partial charge in [-0.1, -0.05) is 39.8 Å². The number of aliphatic imine (C=N–C) groups is 1. The first-order valence-electron chi connectivity index (χ1n) is 21.4. The Bertz CT molecular complexity index is 2510. The largest absolute Gasteiger partial charge is 0.469 e. The molecule has 17 heteroatoms. The summed E-state index contributed by atoms with van der Waals surface area (Å²) in [6.07, 6.45) is 3.00. The Balaban J connectivity index is 1.06. The number of alkyl carbamates (subject to hydrolysis) is 1. The summed E-state index contributed by atoms with van der Waals surface area (Å²) >= 11 is 0. The number of carbonyl (C=O) groups is 3. The van der Waals surface area contributed by atoms with E-state index in [-0.39, 0.29) is 18.0 Å². The molecule has 0 bridgehead atoms. The molecule has 4 N–H and O–H groups in total. The molecule has 3 amide bonds. The number of methoxy groups -OCH3 is 1. The number of ether oxygens (including phenoxy) is 2. The van der Waals surface area contributed by atoms with Crippen LogP contribution in [0.4, 0.5) is 22.4 Å². The van der Waals surface area contributed by atoms with Gasteiger partial charge >= 0.3 is 6.09 Å². The standard InChI is InChI=1S/C46H54F4N8O5/c1-23(2)38(51)41(59)56-21-45(47,48)17-35(56)26(6)52-19-25(5)28-11-13-33-30(14-28)15-34-31-12-10-29(16-37(31)63-43(58(33)34)27-8-9-27)32-20-53-40(54-32)36-18-46(49,50)22-57(36)42(60)39(24(3)4)55-44(61)62-7/h10-16,19-20,23-24,27,35-36,38-39,43H,8-9,17-18,21-22,51H2,1-7H3,(H,53,54)(H,55,61)/b25-19+,52-26?/t35-,36?,38-,39-,43?/m0/s1. The van der Waals surface area contributed by atoms with Gasteiger partial charge in [0.2, 0.25) is 11.8 Å². The minimum Gasteiger partial charge on any atom is -0.469 e. The van der Waals surface area contributed by atoms with E-state index in [4.69, 9.17) is 10.5 Å². The molecule has 336 valence electrons. The number of amides is 3. The number of fused-ring (bicyclic) bond motifs is 5. The molecule has 0 spiro atoms. The second-order valence-corrected chi connectivity index (χ2v) is 18.2. The lowest BCUT2D eigenvalue weighted by molar-refractivity contribution is -0.136. The third-order valence-corrected chi connectivity index (χ3v) is 12.7. The zero-order valence-corrected chi connectivity index (χ0v) is 36.4. The zero-order chi connectivity index (χ0) is 45.3. The van der Waals surface area contributed by atoms with Gasteiger partial charge in [0.25, 0.3) is 11.8 Å². The number of hydrogen-bond donors (Lipinski definition) is 3. The molecule has 3 fully saturated rings. The van der Waals surface area contributed by atoms with Crippen molar-refractivity contribution in [2.45, 2.75) is 109 Å². The highest BCUT2D eigenvalue weighted by atomic mass is 19.3. The van der Waals surface area contributed by atoms with Crippen molar-refractivity contribution < 1.29 is 41.4 Å². The van der Waals surface area contributed by atoms with Crippen LogP contribution >= 0.6 is 0 Å². The molecule has 8 rings (SSSR count). The molecule has 5 atom stereocenters. The van der Waals surface area contributed by atoms with Crippen molar-refractivity contribution in [3.05, 3.63) is 66.2 Å². The molecule has 0 radical (unpaired) electrons. The van der Waals surface area contributed by atoms with Crippen LogP contribution in [0.5, 0.6) is 5.75 Å². The summed E-state index contributed by atoms with van der Waals surface area (Å²) in [6.45, 7) is 9.07. The van der Waals surface area contributed by atoms with E-state index in [1.165, 1.54) is 12.0 Å². The number of nitrogens with one attached hydrogen (secondary N) is 2. The van der Waals surface area contributed by atoms with E-state index in [0.29, 0.717) is 23.1 Å². The normalized spacial score (nSPS) is 22.9. The number of halogens is 4. The molecule has 3 aliphatic heterocycles. The van der Waals surface area contributed by atoms with Gasteiger partial charge in [0.1, 0.15) is 17.6 Å². The summed E-state index contributed by atoms with van der Waals surface area (Å²) in [4.78, 5) is 53.3. The lowest BCUT2D eigenvalue weighted by Crippen LogP contribution is -2.51. The van der Waals surface area contributed by atoms with E-state index < -0.39 is 85.8 Å². The third kappa shape index (κ3) is 8.55. The SMILES string of the molecule is COC(=O)N[C@H](C(=O)N1CC(F)(F)CC1c1ncc(-c2ccc3c(c2)OC(C2CC2)n2c-3cc3cc(/C(C)=C/N=C(C)[C@@H]4CC(F)(F)CN4C(=O)[C@@H](N)C(C)C)ccc32)[nH]1)C(C)C. The molecule has 4 aliphatic rings. The van der Waals surface area contributed by atoms with E-state index in [1.807, 2.05) is 37.3 Å². The second kappa shape index (κ2) is 16.4. The number of hydrogen-bond acceptors (Lipinski definition) is 8. The molecule has 1 saturated carbocycles. The average molecular weight is 875 g/mol. The van der Waals surface area contributed by atoms with Gasteiger partial charge in [0, 0.05) is 47.2 Å². The highest BCUT2D eigenvalue weighted by Crippen LogP contribution is 2.51. The number of nitrogens with two attached hydrogens (primary N) is 1. The summed E-state index contributed by atoms with van der Waals surface area (Å²) in [5, 5.41) is 3.46. The maximum absolute atomic E-state index is 15.0. The van der Waals surface area contributed by atoms with Crippen LogP contribution in [-0.2, 0) is 14.3 Å². The molecule has 4 aromatic rings. The van der Waals surface area contributed by atoms with Crippen LogP contribution in [0, 0.1) is 17.8 Å². The fourth-order valence-electron chi connectivity index (χ4n) is 8.91. The molecular formula is C46H54F4N8O5. The van der Waals surface area contributed by atoms with Crippen molar-refractivity contribution in [3.63, 3.8) is 0 Å². The Morgan fingerprint density at radius 3 is 2.37 bits per heavy atom. The van der Waals surface area contributed by atoms with Gasteiger partial charge in [-0.05, 0) is 80.0 Å². The predicted molar refractivity (Wildman–Crippen MR) is 230 cm³/mol. The number of rotatable bonds is 11. The fourth-order valence-corrected chi connectivity index (χ4v) is 8.91. The van der Waals surface area contributed by atoms with E-state index >= 15 is 0 Å². The summed E-state index contributed by atoms with van der Waals surface area (Å²) in [7, 11) is 1.17. The van der Waals surface area contributed by atoms with Crippen LogP contribution in [0.2, 0.25) is 0 Å². The maximum atomic E-state index is 15.0. The minimum absolute atomic E-state index is 0.199. The van der Waals surface area contributed by atoms with E-state index in [9.17, 15) is 31.9 Å². The van der Waals surface area contributed by atoms with Crippen molar-refractivity contribution in [2.75, 3.05) is 20.2 Å². The number of alkyl halides is 4. The number of imidazole rings is 1. The van der Waals surface area contributed by atoms with Crippen LogP contribution in [0.3, 0.4) is 0 Å². The quantitative estimate of drug-likeness (QED) is 0.101. The monoisotopic (exact) mass is 874 g/mol. The average Bonchev–Trinajstić information content (AvgIpc) is 3.53. The van der Waals surface area contributed by atoms with Crippen molar-refractivity contribution in [1.82, 2.24) is 29.7 Å². The van der Waals surface area contributed by atoms with Crippen LogP contribution < -0.4 is 15.8 Å². The summed E-state index contributed by atoms with van der Waals surface area (Å²) in [5.41, 5.74) is 12.3. The zero-order valence-electron chi connectivity index (χ0n) is 36.4. The summed E-state index contributed by atoms with van der Waals surface area (Å²) in [6, 6.07) is 10.1. The van der Waals surface area contributed by atoms with Gasteiger partial charge in [-0.3, -0.25) is 14.6 Å². The van der Waals surface area contributed by atoms with Gasteiger partial charge in [-0.2, -0.15) is 0 Å². The Labute approximate surface area is 363 Å². The Morgan fingerprint density at radius 2 is 1.68 bits per heavy atom. The number of benzene rings is 2. The molecule has 2 saturated heterocycles. The highest BCUT2D eigenvalue weighted by molar-refractivity contribution is 5.95. The predicted octanol–water partition coefficient (Wildman–Crippen LogP) is 8.33. The van der Waals surface area contributed by atoms with Crippen molar-refractivity contribution >= 4 is 40.1 Å². The fraction of sp³-hybridized carbons (Fsp3) is 0.500. The lowest BCUT2D eigenvalue weighted by Gasteiger charge is -2.30. The van der Waals surface area contributed by atoms with Gasteiger partial charge in [-0.25, -0.2) is 27.3 Å². The first kappa shape index (κ1) is 43.9. The Kier molecular flexibility index (Phi) is 11.5. The molecule has 63 heavy (non-hydrogen) atoms. The molecule has 2 unspecified atom stereocenters. The number of H-pyrrole nitrogens is 1. The number of aromatic amines is 1. The first-order valence-corrected chi connectivity index (χ1v) is 21.4. The minimum atomic E-state index is -3.16. The lowest BCUT2D eigenvalue weighted by atomic mass is 10.0. The summed E-state index contributed by atoms with van der Waals surface area (Å²) < 4.78 is 72.9. The van der Waals surface area contributed by atoms with Crippen LogP contribution in [-0.4, -0.2) is 98.1 Å². The van der Waals surface area contributed by atoms with Crippen molar-refractivity contribution in [3.8, 4) is 28.3 Å². The molecule has 2 aromatic heterocycles. The van der Waals surface area contributed by atoms with Crippen molar-refractivity contribution in [2.24, 2.45) is 28.5 Å². The van der Waals surface area contributed by atoms with E-state index in [2.05, 4.69) is 41.7 Å². The number of likely N-dealkylation sites (tertiary alicyclic amines) is 2. The van der Waals surface area contributed by atoms with Crippen LogP contribution in [0.25, 0.3) is 39.0 Å². The summed E-state index contributed by atoms with van der Waals surface area (Å²) in [5.74, 6) is -6.78. The third-order valence-electron chi connectivity index (χ3n) is 12.7. The van der Waals surface area contributed by atoms with Crippen molar-refractivity contribution in [1.29, 1.82) is 0 Å². The number of carbonyl (C=O) groups excluding carboxylic acids is 3. The number of allylic oxidation sites excluding steroid dienone is 1. The van der Waals surface area contributed by atoms with Gasteiger partial charge in [0.15, 0.2) is 6.23 Å². The Morgan fingerprint density at radius 1 is 0.968 bits per heavy atom. The van der Waals surface area contributed by atoms with Gasteiger partial charge in [0.05, 0.1) is 61.4 Å². The molecular weight excluding hydrogens is 821 g/mol. The topological polar surface area (TPSA) is 160 Å². The molecule has 5 heterocycles. The number of nitrogens with zero attached hydrogens (tertiary/aromatic N) is 5.